The number of carboxylic acid groups (broad SMARTS) is 1. The largest absolute Gasteiger partial charge is 0.475 e. The molecule has 100 valence electrons. The van der Waals surface area contributed by atoms with E-state index in [4.69, 9.17) is 9.52 Å². The quantitative estimate of drug-likeness (QED) is 0.897. The zero-order valence-electron chi connectivity index (χ0n) is 11.1. The topological polar surface area (TPSA) is 53.7 Å². The van der Waals surface area contributed by atoms with E-state index < -0.39 is 5.97 Å². The number of aryl methyl sites for hydroxylation is 1. The Hall–Kier alpha value is -1.29. The summed E-state index contributed by atoms with van der Waals surface area (Å²) in [5.41, 5.74) is 0.708. The van der Waals surface area contributed by atoms with E-state index in [1.807, 2.05) is 6.07 Å². The summed E-state index contributed by atoms with van der Waals surface area (Å²) in [6.45, 7) is 5.81. The highest BCUT2D eigenvalue weighted by Crippen LogP contribution is 2.21. The lowest BCUT2D eigenvalue weighted by molar-refractivity contribution is 0.0656. The number of carbonyl (C=O) groups is 1. The monoisotopic (exact) mass is 251 g/mol. The van der Waals surface area contributed by atoms with Crippen LogP contribution < -0.4 is 0 Å². The van der Waals surface area contributed by atoms with Crippen LogP contribution in [0.15, 0.2) is 10.5 Å². The van der Waals surface area contributed by atoms with Crippen LogP contribution in [0.5, 0.6) is 0 Å². The predicted molar refractivity (Wildman–Crippen MR) is 68.7 cm³/mol. The molecule has 18 heavy (non-hydrogen) atoms. The summed E-state index contributed by atoms with van der Waals surface area (Å²) < 4.78 is 5.43. The van der Waals surface area contributed by atoms with E-state index in [0.717, 1.165) is 18.8 Å². The van der Waals surface area contributed by atoms with Gasteiger partial charge in [0.25, 0.3) is 0 Å². The van der Waals surface area contributed by atoms with E-state index >= 15 is 0 Å². The molecule has 2 rings (SSSR count). The van der Waals surface area contributed by atoms with Gasteiger partial charge in [0.2, 0.25) is 5.76 Å². The van der Waals surface area contributed by atoms with Crippen molar-refractivity contribution in [1.82, 2.24) is 4.90 Å². The van der Waals surface area contributed by atoms with Crippen molar-refractivity contribution >= 4 is 5.97 Å². The molecule has 0 amide bonds. The summed E-state index contributed by atoms with van der Waals surface area (Å²) in [7, 11) is 0. The number of hydrogen-bond donors (Lipinski definition) is 1. The number of hydrogen-bond acceptors (Lipinski definition) is 3. The molecule has 1 N–H and O–H groups in total. The molecule has 1 unspecified atom stereocenters. The number of rotatable bonds is 3. The molecule has 0 aliphatic carbocycles. The Morgan fingerprint density at radius 2 is 2.28 bits per heavy atom. The second-order valence-corrected chi connectivity index (χ2v) is 5.20. The fourth-order valence-electron chi connectivity index (χ4n) is 2.61. The maximum atomic E-state index is 10.9. The lowest BCUT2D eigenvalue weighted by atomic mass is 10.1. The van der Waals surface area contributed by atoms with Gasteiger partial charge in [0, 0.05) is 11.6 Å². The van der Waals surface area contributed by atoms with Crippen molar-refractivity contribution < 1.29 is 14.3 Å². The Labute approximate surface area is 108 Å². The second-order valence-electron chi connectivity index (χ2n) is 5.20. The van der Waals surface area contributed by atoms with Crippen molar-refractivity contribution in [3.63, 3.8) is 0 Å². The fourth-order valence-corrected chi connectivity index (χ4v) is 2.61. The molecule has 1 saturated heterocycles. The van der Waals surface area contributed by atoms with Crippen LogP contribution in [0.3, 0.4) is 0 Å². The molecule has 0 aromatic carbocycles. The molecule has 0 spiro atoms. The third-order valence-corrected chi connectivity index (χ3v) is 3.71. The molecule has 0 bridgehead atoms. The average Bonchev–Trinajstić information content (AvgIpc) is 2.56. The molecule has 1 atom stereocenters. The van der Waals surface area contributed by atoms with E-state index in [1.165, 1.54) is 25.7 Å². The maximum absolute atomic E-state index is 10.9. The van der Waals surface area contributed by atoms with E-state index in [1.54, 1.807) is 6.92 Å². The van der Waals surface area contributed by atoms with Crippen LogP contribution in [0.1, 0.15) is 54.5 Å². The van der Waals surface area contributed by atoms with Crippen LogP contribution in [0.4, 0.5) is 0 Å². The van der Waals surface area contributed by atoms with Gasteiger partial charge in [-0.25, -0.2) is 4.79 Å². The standard InChI is InChI=1S/C14H21NO3/c1-10-8-12(18-13(10)14(16)17)9-15-7-5-3-4-6-11(15)2/h8,11H,3-7,9H2,1-2H3,(H,16,17). The van der Waals surface area contributed by atoms with Crippen LogP contribution in [-0.4, -0.2) is 28.6 Å². The van der Waals surface area contributed by atoms with Crippen LogP contribution >= 0.6 is 0 Å². The summed E-state index contributed by atoms with van der Waals surface area (Å²) in [6.07, 6.45) is 5.01. The number of aromatic carboxylic acids is 1. The highest BCUT2D eigenvalue weighted by atomic mass is 16.4. The van der Waals surface area contributed by atoms with E-state index in [0.29, 0.717) is 11.6 Å². The third kappa shape index (κ3) is 2.93. The van der Waals surface area contributed by atoms with Crippen LogP contribution in [-0.2, 0) is 6.54 Å². The van der Waals surface area contributed by atoms with Crippen LogP contribution in [0, 0.1) is 6.92 Å². The average molecular weight is 251 g/mol. The van der Waals surface area contributed by atoms with Crippen molar-refractivity contribution in [2.45, 2.75) is 52.1 Å². The fraction of sp³-hybridized carbons (Fsp3) is 0.643. The van der Waals surface area contributed by atoms with Crippen LogP contribution in [0.25, 0.3) is 0 Å². The summed E-state index contributed by atoms with van der Waals surface area (Å²) in [5, 5.41) is 8.97. The van der Waals surface area contributed by atoms with Gasteiger partial charge in [-0.2, -0.15) is 0 Å². The summed E-state index contributed by atoms with van der Waals surface area (Å²) in [6, 6.07) is 2.40. The molecule has 2 heterocycles. The van der Waals surface area contributed by atoms with Crippen molar-refractivity contribution in [3.05, 3.63) is 23.2 Å². The van der Waals surface area contributed by atoms with Gasteiger partial charge in [-0.15, -0.1) is 0 Å². The van der Waals surface area contributed by atoms with Crippen molar-refractivity contribution in [2.24, 2.45) is 0 Å². The minimum atomic E-state index is -0.984. The summed E-state index contributed by atoms with van der Waals surface area (Å²) >= 11 is 0. The second kappa shape index (κ2) is 5.57. The maximum Gasteiger partial charge on any atom is 0.372 e. The third-order valence-electron chi connectivity index (χ3n) is 3.71. The van der Waals surface area contributed by atoms with Gasteiger partial charge < -0.3 is 9.52 Å². The van der Waals surface area contributed by atoms with Gasteiger partial charge in [-0.1, -0.05) is 12.8 Å². The zero-order valence-corrected chi connectivity index (χ0v) is 11.1. The smallest absolute Gasteiger partial charge is 0.372 e. The number of carboxylic acids is 1. The molecule has 1 aliphatic heterocycles. The highest BCUT2D eigenvalue weighted by Gasteiger charge is 2.20. The van der Waals surface area contributed by atoms with E-state index in [-0.39, 0.29) is 5.76 Å². The number of nitrogens with zero attached hydrogens (tertiary/aromatic N) is 1. The summed E-state index contributed by atoms with van der Waals surface area (Å²) in [4.78, 5) is 13.3. The predicted octanol–water partition coefficient (Wildman–Crippen LogP) is 3.05. The molecular weight excluding hydrogens is 230 g/mol. The van der Waals surface area contributed by atoms with E-state index in [2.05, 4.69) is 11.8 Å². The number of likely N-dealkylation sites (tertiary alicyclic amines) is 1. The van der Waals surface area contributed by atoms with Crippen molar-refractivity contribution in [2.75, 3.05) is 6.54 Å². The first-order valence-electron chi connectivity index (χ1n) is 6.64. The van der Waals surface area contributed by atoms with Gasteiger partial charge >= 0.3 is 5.97 Å². The van der Waals surface area contributed by atoms with Gasteiger partial charge in [0.05, 0.1) is 6.54 Å². The minimum absolute atomic E-state index is 0.0764. The van der Waals surface area contributed by atoms with Crippen molar-refractivity contribution in [1.29, 1.82) is 0 Å². The Balaban J connectivity index is 2.08. The van der Waals surface area contributed by atoms with Gasteiger partial charge in [-0.05, 0) is 39.3 Å². The normalized spacial score (nSPS) is 21.8. The molecule has 1 aromatic rings. The molecule has 1 aliphatic rings. The Morgan fingerprint density at radius 3 is 2.94 bits per heavy atom. The Kier molecular flexibility index (Phi) is 4.07. The Bertz CT molecular complexity index is 425. The first-order chi connectivity index (χ1) is 8.58. The lowest BCUT2D eigenvalue weighted by Gasteiger charge is -2.25. The molecule has 4 heteroatoms. The molecular formula is C14H21NO3. The minimum Gasteiger partial charge on any atom is -0.475 e. The zero-order chi connectivity index (χ0) is 13.1. The van der Waals surface area contributed by atoms with Crippen molar-refractivity contribution in [3.8, 4) is 0 Å². The Morgan fingerprint density at radius 1 is 1.50 bits per heavy atom. The first-order valence-corrected chi connectivity index (χ1v) is 6.64. The summed E-state index contributed by atoms with van der Waals surface area (Å²) in [5.74, 6) is -0.145. The molecule has 1 aromatic heterocycles. The SMILES string of the molecule is Cc1cc(CN2CCCCCC2C)oc1C(=O)O. The highest BCUT2D eigenvalue weighted by molar-refractivity contribution is 5.86. The molecule has 0 radical (unpaired) electrons. The molecule has 4 nitrogen and oxygen atoms in total. The van der Waals surface area contributed by atoms with Crippen LogP contribution in [0.2, 0.25) is 0 Å². The van der Waals surface area contributed by atoms with Gasteiger partial charge in [0.15, 0.2) is 0 Å². The van der Waals surface area contributed by atoms with Gasteiger partial charge in [-0.3, -0.25) is 4.90 Å². The first kappa shape index (κ1) is 13.1. The molecule has 1 fully saturated rings. The van der Waals surface area contributed by atoms with Gasteiger partial charge in [0.1, 0.15) is 5.76 Å². The number of furan rings is 1. The molecule has 0 saturated carbocycles. The van der Waals surface area contributed by atoms with E-state index in [9.17, 15) is 4.79 Å². The lowest BCUT2D eigenvalue weighted by Crippen LogP contribution is -2.31.